The second-order valence-corrected chi connectivity index (χ2v) is 5.96. The molecule has 0 amide bonds. The van der Waals surface area contributed by atoms with E-state index in [1.165, 1.54) is 17.0 Å². The molecule has 0 spiro atoms. The molecule has 1 unspecified atom stereocenters. The number of aryl methyl sites for hydroxylation is 1. The lowest BCUT2D eigenvalue weighted by molar-refractivity contribution is 0.560. The highest BCUT2D eigenvalue weighted by molar-refractivity contribution is 6.35. The van der Waals surface area contributed by atoms with Crippen molar-refractivity contribution in [3.63, 3.8) is 0 Å². The van der Waals surface area contributed by atoms with Crippen molar-refractivity contribution < 1.29 is 0 Å². The molecule has 0 aliphatic heterocycles. The standard InChI is InChI=1S/C15H16Cl2N2/c1-9-7-11-13(18)3-2-4-14(11)19(9)15-6-5-10(16)8-12(15)17/h5-8,13H,2-4,18H2,1H3. The van der Waals surface area contributed by atoms with Gasteiger partial charge in [-0.15, -0.1) is 0 Å². The minimum atomic E-state index is 0.148. The van der Waals surface area contributed by atoms with Gasteiger partial charge >= 0.3 is 0 Å². The summed E-state index contributed by atoms with van der Waals surface area (Å²) in [5.74, 6) is 0. The number of aromatic nitrogens is 1. The molecule has 1 aromatic carbocycles. The van der Waals surface area contributed by atoms with Crippen molar-refractivity contribution in [1.82, 2.24) is 4.57 Å². The molecular formula is C15H16Cl2N2. The SMILES string of the molecule is Cc1cc2c(n1-c1ccc(Cl)cc1Cl)CCCC2N. The lowest BCUT2D eigenvalue weighted by atomic mass is 9.93. The maximum Gasteiger partial charge on any atom is 0.0661 e. The maximum atomic E-state index is 6.34. The summed E-state index contributed by atoms with van der Waals surface area (Å²) in [6.45, 7) is 2.09. The van der Waals surface area contributed by atoms with Crippen LogP contribution in [0.3, 0.4) is 0 Å². The zero-order chi connectivity index (χ0) is 13.6. The van der Waals surface area contributed by atoms with Crippen LogP contribution in [0, 0.1) is 6.92 Å². The van der Waals surface area contributed by atoms with Crippen LogP contribution in [0.2, 0.25) is 10.0 Å². The summed E-state index contributed by atoms with van der Waals surface area (Å²) >= 11 is 12.3. The van der Waals surface area contributed by atoms with Crippen LogP contribution in [-0.4, -0.2) is 4.57 Å². The Balaban J connectivity index is 2.20. The molecule has 1 aliphatic rings. The summed E-state index contributed by atoms with van der Waals surface area (Å²) in [7, 11) is 0. The Labute approximate surface area is 123 Å². The van der Waals surface area contributed by atoms with Gasteiger partial charge < -0.3 is 10.3 Å². The number of rotatable bonds is 1. The number of benzene rings is 1. The number of halogens is 2. The Morgan fingerprint density at radius 2 is 2.05 bits per heavy atom. The Bertz CT molecular complexity index is 631. The van der Waals surface area contributed by atoms with Crippen molar-refractivity contribution in [2.24, 2.45) is 5.73 Å². The van der Waals surface area contributed by atoms with Gasteiger partial charge in [0.1, 0.15) is 0 Å². The zero-order valence-corrected chi connectivity index (χ0v) is 12.3. The summed E-state index contributed by atoms with van der Waals surface area (Å²) in [4.78, 5) is 0. The predicted molar refractivity (Wildman–Crippen MR) is 80.4 cm³/mol. The van der Waals surface area contributed by atoms with Gasteiger partial charge in [-0.25, -0.2) is 0 Å². The monoisotopic (exact) mass is 294 g/mol. The van der Waals surface area contributed by atoms with Crippen LogP contribution in [0.15, 0.2) is 24.3 Å². The fourth-order valence-corrected chi connectivity index (χ4v) is 3.43. The summed E-state index contributed by atoms with van der Waals surface area (Å²) in [6.07, 6.45) is 3.24. The van der Waals surface area contributed by atoms with E-state index in [0.29, 0.717) is 10.0 Å². The molecule has 0 bridgehead atoms. The maximum absolute atomic E-state index is 6.34. The van der Waals surface area contributed by atoms with Crippen LogP contribution in [0.4, 0.5) is 0 Å². The van der Waals surface area contributed by atoms with Crippen molar-refractivity contribution in [2.75, 3.05) is 0 Å². The van der Waals surface area contributed by atoms with Gasteiger partial charge in [0, 0.05) is 22.5 Å². The highest BCUT2D eigenvalue weighted by atomic mass is 35.5. The van der Waals surface area contributed by atoms with Crippen molar-refractivity contribution in [1.29, 1.82) is 0 Å². The van der Waals surface area contributed by atoms with Gasteiger partial charge in [0.25, 0.3) is 0 Å². The molecule has 1 aromatic heterocycles. The second kappa shape index (κ2) is 4.86. The van der Waals surface area contributed by atoms with E-state index in [9.17, 15) is 0 Å². The number of nitrogens with zero attached hydrogens (tertiary/aromatic N) is 1. The highest BCUT2D eigenvalue weighted by Gasteiger charge is 2.23. The molecule has 1 atom stereocenters. The molecule has 2 nitrogen and oxygen atoms in total. The Morgan fingerprint density at radius 1 is 1.26 bits per heavy atom. The largest absolute Gasteiger partial charge is 0.324 e. The third kappa shape index (κ3) is 2.18. The third-order valence-corrected chi connectivity index (χ3v) is 4.34. The number of hydrogen-bond acceptors (Lipinski definition) is 1. The van der Waals surface area contributed by atoms with Gasteiger partial charge in [-0.05, 0) is 56.0 Å². The third-order valence-electron chi connectivity index (χ3n) is 3.80. The first-order valence-corrected chi connectivity index (χ1v) is 7.25. The molecule has 19 heavy (non-hydrogen) atoms. The van der Waals surface area contributed by atoms with E-state index in [2.05, 4.69) is 17.6 Å². The fourth-order valence-electron chi connectivity index (χ4n) is 2.93. The Kier molecular flexibility index (Phi) is 3.34. The van der Waals surface area contributed by atoms with Crippen LogP contribution in [-0.2, 0) is 6.42 Å². The van der Waals surface area contributed by atoms with E-state index in [0.717, 1.165) is 24.9 Å². The first kappa shape index (κ1) is 13.0. The molecule has 2 N–H and O–H groups in total. The first-order chi connectivity index (χ1) is 9.08. The summed E-state index contributed by atoms with van der Waals surface area (Å²) in [6, 6.07) is 7.96. The lowest BCUT2D eigenvalue weighted by Gasteiger charge is -2.21. The highest BCUT2D eigenvalue weighted by Crippen LogP contribution is 2.35. The second-order valence-electron chi connectivity index (χ2n) is 5.12. The first-order valence-electron chi connectivity index (χ1n) is 6.50. The molecule has 0 fully saturated rings. The minimum absolute atomic E-state index is 0.148. The van der Waals surface area contributed by atoms with Crippen LogP contribution < -0.4 is 5.73 Å². The van der Waals surface area contributed by atoms with Crippen molar-refractivity contribution in [3.05, 3.63) is 51.3 Å². The molecule has 2 aromatic rings. The quantitative estimate of drug-likeness (QED) is 0.829. The van der Waals surface area contributed by atoms with E-state index in [1.807, 2.05) is 12.1 Å². The minimum Gasteiger partial charge on any atom is -0.324 e. The van der Waals surface area contributed by atoms with Gasteiger partial charge in [-0.3, -0.25) is 0 Å². The molecule has 0 saturated carbocycles. The summed E-state index contributed by atoms with van der Waals surface area (Å²) in [5.41, 5.74) is 10.9. The zero-order valence-electron chi connectivity index (χ0n) is 10.8. The molecule has 1 heterocycles. The molecule has 100 valence electrons. The van der Waals surface area contributed by atoms with E-state index < -0.39 is 0 Å². The van der Waals surface area contributed by atoms with Gasteiger partial charge in [0.15, 0.2) is 0 Å². The smallest absolute Gasteiger partial charge is 0.0661 e. The van der Waals surface area contributed by atoms with E-state index in [-0.39, 0.29) is 6.04 Å². The molecule has 3 rings (SSSR count). The van der Waals surface area contributed by atoms with Crippen LogP contribution in [0.5, 0.6) is 0 Å². The topological polar surface area (TPSA) is 30.9 Å². The van der Waals surface area contributed by atoms with Gasteiger partial charge in [0.05, 0.1) is 10.7 Å². The fraction of sp³-hybridized carbons (Fsp3) is 0.333. The number of fused-ring (bicyclic) bond motifs is 1. The molecular weight excluding hydrogens is 279 g/mol. The van der Waals surface area contributed by atoms with E-state index in [4.69, 9.17) is 28.9 Å². The van der Waals surface area contributed by atoms with Gasteiger partial charge in [-0.1, -0.05) is 23.2 Å². The Morgan fingerprint density at radius 3 is 2.79 bits per heavy atom. The Hall–Kier alpha value is -0.960. The molecule has 1 aliphatic carbocycles. The van der Waals surface area contributed by atoms with Crippen molar-refractivity contribution in [3.8, 4) is 5.69 Å². The van der Waals surface area contributed by atoms with Gasteiger partial charge in [-0.2, -0.15) is 0 Å². The number of nitrogens with two attached hydrogens (primary N) is 1. The van der Waals surface area contributed by atoms with Gasteiger partial charge in [0.2, 0.25) is 0 Å². The van der Waals surface area contributed by atoms with Crippen LogP contribution >= 0.6 is 23.2 Å². The number of hydrogen-bond donors (Lipinski definition) is 1. The van der Waals surface area contributed by atoms with E-state index >= 15 is 0 Å². The van der Waals surface area contributed by atoms with Crippen molar-refractivity contribution >= 4 is 23.2 Å². The average molecular weight is 295 g/mol. The molecule has 0 radical (unpaired) electrons. The average Bonchev–Trinajstić information content (AvgIpc) is 2.68. The molecule has 0 saturated heterocycles. The predicted octanol–water partition coefficient (Wildman–Crippen LogP) is 4.43. The lowest BCUT2D eigenvalue weighted by Crippen LogP contribution is -2.18. The van der Waals surface area contributed by atoms with E-state index in [1.54, 1.807) is 6.07 Å². The summed E-state index contributed by atoms with van der Waals surface area (Å²) < 4.78 is 2.22. The normalized spacial score (nSPS) is 18.4. The van der Waals surface area contributed by atoms with Crippen LogP contribution in [0.1, 0.15) is 35.8 Å². The summed E-state index contributed by atoms with van der Waals surface area (Å²) in [5, 5.41) is 1.33. The van der Waals surface area contributed by atoms with Crippen LogP contribution in [0.25, 0.3) is 5.69 Å². The van der Waals surface area contributed by atoms with Crippen molar-refractivity contribution in [2.45, 2.75) is 32.2 Å². The molecule has 4 heteroatoms.